The maximum atomic E-state index is 12.3. The number of benzene rings is 2. The van der Waals surface area contributed by atoms with Gasteiger partial charge in [0.15, 0.2) is 6.10 Å². The minimum atomic E-state index is -0.552. The molecule has 0 spiro atoms. The molecule has 0 aliphatic heterocycles. The molecule has 4 nitrogen and oxygen atoms in total. The van der Waals surface area contributed by atoms with Gasteiger partial charge in [0.2, 0.25) is 0 Å². The van der Waals surface area contributed by atoms with Crippen LogP contribution in [0.2, 0.25) is 0 Å². The lowest BCUT2D eigenvalue weighted by Crippen LogP contribution is -2.36. The van der Waals surface area contributed by atoms with Crippen LogP contribution in [-0.4, -0.2) is 18.1 Å². The van der Waals surface area contributed by atoms with E-state index >= 15 is 0 Å². The molecule has 0 aromatic heterocycles. The summed E-state index contributed by atoms with van der Waals surface area (Å²) in [6, 6.07) is 13.7. The number of carbonyl (C=O) groups excluding carboxylic acids is 1. The van der Waals surface area contributed by atoms with E-state index in [-0.39, 0.29) is 12.0 Å². The number of hydrogen-bond donors (Lipinski definition) is 1. The smallest absolute Gasteiger partial charge is 0.261 e. The Bertz CT molecular complexity index is 708. The topological polar surface area (TPSA) is 47.6 Å². The van der Waals surface area contributed by atoms with E-state index in [4.69, 9.17) is 9.47 Å². The minimum absolute atomic E-state index is 0.136. The molecule has 1 unspecified atom stereocenters. The van der Waals surface area contributed by atoms with Gasteiger partial charge in [-0.1, -0.05) is 24.3 Å². The van der Waals surface area contributed by atoms with Gasteiger partial charge < -0.3 is 14.8 Å². The lowest BCUT2D eigenvalue weighted by atomic mass is 10.1. The molecule has 1 atom stereocenters. The monoisotopic (exact) mass is 341 g/mol. The van der Waals surface area contributed by atoms with Crippen molar-refractivity contribution in [2.45, 2.75) is 53.4 Å². The highest BCUT2D eigenvalue weighted by Gasteiger charge is 2.15. The van der Waals surface area contributed by atoms with Crippen molar-refractivity contribution in [1.29, 1.82) is 0 Å². The van der Waals surface area contributed by atoms with Gasteiger partial charge in [0.05, 0.1) is 6.10 Å². The van der Waals surface area contributed by atoms with Crippen molar-refractivity contribution in [3.63, 3.8) is 0 Å². The minimum Gasteiger partial charge on any atom is -0.491 e. The molecule has 2 aromatic carbocycles. The molecule has 4 heteroatoms. The van der Waals surface area contributed by atoms with Gasteiger partial charge in [-0.15, -0.1) is 0 Å². The Balaban J connectivity index is 1.87. The fourth-order valence-corrected chi connectivity index (χ4v) is 2.37. The van der Waals surface area contributed by atoms with Crippen molar-refractivity contribution in [1.82, 2.24) is 5.32 Å². The predicted octanol–water partition coefficient (Wildman–Crippen LogP) is 4.17. The maximum absolute atomic E-state index is 12.3. The van der Waals surface area contributed by atoms with Gasteiger partial charge in [-0.2, -0.15) is 0 Å². The molecule has 1 N–H and O–H groups in total. The van der Waals surface area contributed by atoms with E-state index in [0.29, 0.717) is 6.54 Å². The number of rotatable bonds is 7. The van der Waals surface area contributed by atoms with Crippen molar-refractivity contribution in [2.24, 2.45) is 0 Å². The number of carbonyl (C=O) groups is 1. The van der Waals surface area contributed by atoms with Crippen molar-refractivity contribution in [3.8, 4) is 11.5 Å². The van der Waals surface area contributed by atoms with E-state index in [1.807, 2.05) is 70.2 Å². The summed E-state index contributed by atoms with van der Waals surface area (Å²) in [6.07, 6.45) is -0.405. The summed E-state index contributed by atoms with van der Waals surface area (Å²) in [7, 11) is 0. The Hall–Kier alpha value is -2.49. The van der Waals surface area contributed by atoms with Crippen LogP contribution >= 0.6 is 0 Å². The quantitative estimate of drug-likeness (QED) is 0.822. The van der Waals surface area contributed by atoms with Crippen LogP contribution in [0.25, 0.3) is 0 Å². The van der Waals surface area contributed by atoms with Crippen LogP contribution < -0.4 is 14.8 Å². The van der Waals surface area contributed by atoms with Crippen LogP contribution in [0.3, 0.4) is 0 Å². The first-order chi connectivity index (χ1) is 11.8. The number of nitrogens with one attached hydrogen (secondary N) is 1. The highest BCUT2D eigenvalue weighted by atomic mass is 16.5. The second-order valence-electron chi connectivity index (χ2n) is 6.56. The van der Waals surface area contributed by atoms with Gasteiger partial charge in [0.25, 0.3) is 5.91 Å². The Morgan fingerprint density at radius 2 is 1.68 bits per heavy atom. The van der Waals surface area contributed by atoms with Crippen LogP contribution in [-0.2, 0) is 11.3 Å². The van der Waals surface area contributed by atoms with Crippen molar-refractivity contribution < 1.29 is 14.3 Å². The summed E-state index contributed by atoms with van der Waals surface area (Å²) in [6.45, 7) is 10.2. The Morgan fingerprint density at radius 1 is 1.00 bits per heavy atom. The molecule has 1 amide bonds. The molecule has 0 radical (unpaired) electrons. The van der Waals surface area contributed by atoms with E-state index in [1.54, 1.807) is 6.92 Å². The van der Waals surface area contributed by atoms with E-state index in [9.17, 15) is 4.79 Å². The van der Waals surface area contributed by atoms with Crippen LogP contribution in [0, 0.1) is 13.8 Å². The van der Waals surface area contributed by atoms with E-state index in [0.717, 1.165) is 28.2 Å². The second-order valence-corrected chi connectivity index (χ2v) is 6.56. The zero-order valence-electron chi connectivity index (χ0n) is 15.6. The first-order valence-electron chi connectivity index (χ1n) is 8.62. The summed E-state index contributed by atoms with van der Waals surface area (Å²) < 4.78 is 11.4. The Kier molecular flexibility index (Phi) is 6.45. The van der Waals surface area contributed by atoms with Crippen LogP contribution in [0.4, 0.5) is 0 Å². The molecule has 0 aliphatic carbocycles. The standard InChI is InChI=1S/C21H27NO3/c1-14(2)24-19-10-8-18(9-11-19)13-22-21(23)17(5)25-20-12-15(3)6-7-16(20)4/h6-12,14,17H,13H2,1-5H3,(H,22,23). The zero-order valence-corrected chi connectivity index (χ0v) is 15.6. The van der Waals surface area contributed by atoms with Crippen molar-refractivity contribution in [2.75, 3.05) is 0 Å². The predicted molar refractivity (Wildman–Crippen MR) is 100 cm³/mol. The van der Waals surface area contributed by atoms with E-state index in [1.165, 1.54) is 0 Å². The number of hydrogen-bond acceptors (Lipinski definition) is 3. The van der Waals surface area contributed by atoms with Crippen molar-refractivity contribution in [3.05, 3.63) is 59.2 Å². The first kappa shape index (κ1) is 18.8. The molecule has 0 bridgehead atoms. The average Bonchev–Trinajstić information content (AvgIpc) is 2.56. The molecule has 0 heterocycles. The third-order valence-electron chi connectivity index (χ3n) is 3.78. The van der Waals surface area contributed by atoms with Gasteiger partial charge in [-0.05, 0) is 69.5 Å². The third kappa shape index (κ3) is 5.82. The fraction of sp³-hybridized carbons (Fsp3) is 0.381. The van der Waals surface area contributed by atoms with Crippen molar-refractivity contribution >= 4 is 5.91 Å². The molecule has 134 valence electrons. The summed E-state index contributed by atoms with van der Waals surface area (Å²) in [5.74, 6) is 1.44. The number of amides is 1. The van der Waals surface area contributed by atoms with Gasteiger partial charge in [0.1, 0.15) is 11.5 Å². The van der Waals surface area contributed by atoms with Crippen LogP contribution in [0.15, 0.2) is 42.5 Å². The van der Waals surface area contributed by atoms with Gasteiger partial charge in [0, 0.05) is 6.54 Å². The van der Waals surface area contributed by atoms with Gasteiger partial charge in [-0.3, -0.25) is 4.79 Å². The highest BCUT2D eigenvalue weighted by molar-refractivity contribution is 5.80. The Labute approximate surface area is 150 Å². The van der Waals surface area contributed by atoms with E-state index in [2.05, 4.69) is 5.32 Å². The van der Waals surface area contributed by atoms with Crippen LogP contribution in [0.5, 0.6) is 11.5 Å². The molecule has 2 aromatic rings. The molecule has 2 rings (SSSR count). The van der Waals surface area contributed by atoms with Crippen LogP contribution in [0.1, 0.15) is 37.5 Å². The fourth-order valence-electron chi connectivity index (χ4n) is 2.37. The summed E-state index contributed by atoms with van der Waals surface area (Å²) in [5.41, 5.74) is 3.14. The highest BCUT2D eigenvalue weighted by Crippen LogP contribution is 2.20. The molecule has 0 aliphatic rings. The second kappa shape index (κ2) is 8.56. The zero-order chi connectivity index (χ0) is 18.4. The number of ether oxygens (including phenoxy) is 2. The molecular weight excluding hydrogens is 314 g/mol. The maximum Gasteiger partial charge on any atom is 0.261 e. The van der Waals surface area contributed by atoms with E-state index < -0.39 is 6.10 Å². The Morgan fingerprint density at radius 3 is 2.32 bits per heavy atom. The third-order valence-corrected chi connectivity index (χ3v) is 3.78. The molecule has 0 fully saturated rings. The summed E-state index contributed by atoms with van der Waals surface area (Å²) in [5, 5.41) is 2.91. The lowest BCUT2D eigenvalue weighted by Gasteiger charge is -2.17. The average molecular weight is 341 g/mol. The SMILES string of the molecule is Cc1ccc(C)c(OC(C)C(=O)NCc2ccc(OC(C)C)cc2)c1. The molecule has 25 heavy (non-hydrogen) atoms. The normalized spacial score (nSPS) is 11.9. The molecule has 0 saturated carbocycles. The summed E-state index contributed by atoms with van der Waals surface area (Å²) >= 11 is 0. The summed E-state index contributed by atoms with van der Waals surface area (Å²) in [4.78, 5) is 12.3. The number of aryl methyl sites for hydroxylation is 2. The lowest BCUT2D eigenvalue weighted by molar-refractivity contribution is -0.127. The van der Waals surface area contributed by atoms with Gasteiger partial charge in [-0.25, -0.2) is 0 Å². The first-order valence-corrected chi connectivity index (χ1v) is 8.62. The molecular formula is C21H27NO3. The largest absolute Gasteiger partial charge is 0.491 e. The molecule has 0 saturated heterocycles. The van der Waals surface area contributed by atoms with Gasteiger partial charge >= 0.3 is 0 Å².